The summed E-state index contributed by atoms with van der Waals surface area (Å²) in [6.45, 7) is 29.0. The molecular formula is C101H156N4O26S. The van der Waals surface area contributed by atoms with Crippen molar-refractivity contribution in [3.05, 3.63) is 119 Å². The number of aromatic nitrogens is 1. The number of ether oxygens (including phenoxy) is 15. The van der Waals surface area contributed by atoms with E-state index in [0.717, 1.165) is 60.5 Å². The zero-order valence-electron chi connectivity index (χ0n) is 81.3. The molecule has 2 saturated heterocycles. The smallest absolute Gasteiger partial charge is 0.329 e. The summed E-state index contributed by atoms with van der Waals surface area (Å²) in [5, 5.41) is 23.5. The van der Waals surface area contributed by atoms with Gasteiger partial charge < -0.3 is 96.8 Å². The Labute approximate surface area is 785 Å². The second kappa shape index (κ2) is 61.5. The van der Waals surface area contributed by atoms with E-state index in [2.05, 4.69) is 25.8 Å². The van der Waals surface area contributed by atoms with E-state index in [0.29, 0.717) is 205 Å². The van der Waals surface area contributed by atoms with Crippen LogP contribution >= 0.6 is 0 Å². The average molecular weight is 1870 g/mol. The number of nitrogens with zero attached hydrogens (tertiary/aromatic N) is 3. The number of carbonyl (C=O) groups excluding carboxylic acids is 7. The number of anilines is 1. The zero-order chi connectivity index (χ0) is 96.6. The fraction of sp³-hybridized carbons (Fsp3) is 0.683. The molecular weight excluding hydrogens is 1720 g/mol. The number of methoxy groups -OCH3 is 5. The van der Waals surface area contributed by atoms with E-state index in [-0.39, 0.29) is 108 Å². The number of allylic oxidation sites excluding steroid dienone is 6. The molecule has 31 heteroatoms. The molecule has 0 radical (unpaired) electrons. The molecule has 1 saturated carbocycles. The Balaban J connectivity index is 0.000000363. The van der Waals surface area contributed by atoms with Crippen LogP contribution in [0.5, 0.6) is 5.75 Å². The van der Waals surface area contributed by atoms with E-state index >= 15 is 0 Å². The number of Topliss-reactive ketones (excluding diaryl/α,β-unsaturated/α-hetero) is 3. The Bertz CT molecular complexity index is 4180. The third-order valence-electron chi connectivity index (χ3n) is 24.7. The summed E-state index contributed by atoms with van der Waals surface area (Å²) in [6.07, 6.45) is 19.6. The van der Waals surface area contributed by atoms with Gasteiger partial charge in [-0.1, -0.05) is 91.0 Å². The molecule has 8 rings (SSSR count). The van der Waals surface area contributed by atoms with Gasteiger partial charge in [0.2, 0.25) is 5.79 Å². The molecule has 3 fully saturated rings. The lowest BCUT2D eigenvalue weighted by atomic mass is 9.78. The molecule has 1 aliphatic carbocycles. The fourth-order valence-electron chi connectivity index (χ4n) is 17.0. The van der Waals surface area contributed by atoms with E-state index in [1.165, 1.54) is 31.3 Å². The van der Waals surface area contributed by atoms with Crippen molar-refractivity contribution in [3.8, 4) is 16.9 Å². The van der Waals surface area contributed by atoms with Crippen molar-refractivity contribution in [2.24, 2.45) is 35.5 Å². The monoisotopic (exact) mass is 1870 g/mol. The first kappa shape index (κ1) is 113. The predicted octanol–water partition coefficient (Wildman–Crippen LogP) is 13.7. The van der Waals surface area contributed by atoms with Crippen LogP contribution in [0.2, 0.25) is 0 Å². The Hall–Kier alpha value is -7.57. The minimum Gasteiger partial charge on any atom is -0.491 e. The number of aryl methyl sites for hydroxylation is 1. The fourth-order valence-corrected chi connectivity index (χ4v) is 18.4. The maximum atomic E-state index is 14.5. The topological polar surface area (TPSA) is 378 Å². The van der Waals surface area contributed by atoms with Gasteiger partial charge in [0.1, 0.15) is 54.4 Å². The van der Waals surface area contributed by atoms with Crippen LogP contribution in [0, 0.1) is 42.4 Å². The normalized spacial score (nSPS) is 26.2. The standard InChI is InChI=1S/C56H89NO14.C29H33N3O6S.C16H34O6/c1-35-18-13-12-14-19-37(3)47(66-9)34-43-25-23-41(7)56(64,71-43)53(61)54(62)57-28-16-15-20-44(57)55(63)70-45(26-22-36(2)31-40(6)51(60)52(68-11)50(59)39(5)30-35)38(4)32-42-24-27-46(48(33-42)67-10)69-49(58)21-17-29-65-8;1-20-16-25(39(35,36)15-3-4-24(33)11-13-37-2)7-8-26(20)29(34)32-12-14-38-27-9-5-21(17-23(27)19-32)22-6-10-28(30)31-18-22;1-3-5-17-7-9-19-11-13-21-15-16-22-14-12-20-10-8-18-6-4-2/h12-14,18-19,31,35-36,38-39,41-48,51-52,60,64H,15-17,20-30,32-34H2,1-11H3;5-10,16-18H,3-4,11-15,19H2,1-2H3,(H2,30,31);3-16H2,1-2H3/b14-12+,18-13+,37-19+,40-31+;;/t35-,36+,38-,39-,41-,42+,43+,44+,45+,46-,47+,48-,51-,52+,56-;;/m1../s1. The number of carbonyl (C=O) groups is 7. The quantitative estimate of drug-likeness (QED) is 0.0206. The zero-order valence-corrected chi connectivity index (χ0v) is 82.2. The number of hydrogen-bond acceptors (Lipinski definition) is 28. The van der Waals surface area contributed by atoms with Crippen molar-refractivity contribution in [3.63, 3.8) is 0 Å². The molecule has 4 N–H and O–H groups in total. The SMILES string of the molecule is CCCOCCOCCOCCOCCOCCOCCC.COCCC(=O)CCCS(=O)(=O)c1ccc(C(=O)N2CCOc3ccc(-c4ccc(N)nc4)cc3C2)c(C)c1.COCCCC(=O)O[C@@H]1CC[C@@H](C[C@@H](C)[C@@H]2CC[C@H](C)/C=C(\C)[C@@H](O)[C@@H](OC)C(=O)[C@H](C)C[C@H](C)/C=C/C=C/C=C(\C)[C@@H](OC)C[C@@H]3CC[C@@H](C)[C@@](O)(O3)C(=O)C(=O)N3CCCC[C@H]3C(=O)O2)C[C@H]1OC. The first-order chi connectivity index (χ1) is 63.4. The first-order valence-electron chi connectivity index (χ1n) is 47.6. The van der Waals surface area contributed by atoms with E-state index < -0.39 is 75.8 Å². The highest BCUT2D eigenvalue weighted by molar-refractivity contribution is 7.91. The Kier molecular flexibility index (Phi) is 52.7. The van der Waals surface area contributed by atoms with Gasteiger partial charge in [0.25, 0.3) is 17.6 Å². The number of esters is 2. The van der Waals surface area contributed by atoms with E-state index in [4.69, 9.17) is 76.8 Å². The molecule has 0 spiro atoms. The number of nitrogens with two attached hydrogens (primary N) is 1. The summed E-state index contributed by atoms with van der Waals surface area (Å²) in [7, 11) is 4.18. The highest BCUT2D eigenvalue weighted by Crippen LogP contribution is 2.40. The number of fused-ring (bicyclic) bond motifs is 4. The second-order valence-corrected chi connectivity index (χ2v) is 37.6. The van der Waals surface area contributed by atoms with Crippen molar-refractivity contribution in [2.45, 2.75) is 264 Å². The number of sulfone groups is 1. The number of aliphatic hydroxyl groups excluding tert-OH is 1. The van der Waals surface area contributed by atoms with Crippen molar-refractivity contribution < 1.29 is 123 Å². The van der Waals surface area contributed by atoms with Crippen LogP contribution in [0.25, 0.3) is 11.1 Å². The molecule has 742 valence electrons. The van der Waals surface area contributed by atoms with Gasteiger partial charge in [-0.2, -0.15) is 0 Å². The third-order valence-corrected chi connectivity index (χ3v) is 26.5. The van der Waals surface area contributed by atoms with Gasteiger partial charge in [0.05, 0.1) is 108 Å². The van der Waals surface area contributed by atoms with Gasteiger partial charge in [-0.3, -0.25) is 28.8 Å². The number of hydrogen-bond donors (Lipinski definition) is 3. The van der Waals surface area contributed by atoms with Crippen LogP contribution in [-0.2, 0) is 111 Å². The average Bonchev–Trinajstić information content (AvgIpc) is 0.857. The number of piperidine rings is 1. The summed E-state index contributed by atoms with van der Waals surface area (Å²) in [4.78, 5) is 102. The Morgan fingerprint density at radius 1 is 0.652 bits per heavy atom. The number of pyridine rings is 1. The van der Waals surface area contributed by atoms with Gasteiger partial charge >= 0.3 is 11.9 Å². The summed E-state index contributed by atoms with van der Waals surface area (Å²) >= 11 is 0. The van der Waals surface area contributed by atoms with Crippen molar-refractivity contribution in [1.29, 1.82) is 0 Å². The van der Waals surface area contributed by atoms with Gasteiger partial charge in [0, 0.05) is 129 Å². The molecule has 2 bridgehead atoms. The molecule has 15 atom stereocenters. The second-order valence-electron chi connectivity index (χ2n) is 35.5. The number of nitrogen functional groups attached to an aromatic ring is 1. The van der Waals surface area contributed by atoms with Crippen LogP contribution < -0.4 is 10.5 Å². The lowest BCUT2D eigenvalue weighted by Gasteiger charge is -2.42. The minimum atomic E-state index is -3.59. The molecule has 2 aromatic carbocycles. The summed E-state index contributed by atoms with van der Waals surface area (Å²) in [5.74, 6) is -5.82. The molecule has 3 aromatic rings. The largest absolute Gasteiger partial charge is 0.491 e. The number of rotatable bonds is 40. The first-order valence-corrected chi connectivity index (χ1v) is 49.2. The van der Waals surface area contributed by atoms with Crippen molar-refractivity contribution in [1.82, 2.24) is 14.8 Å². The lowest BCUT2D eigenvalue weighted by molar-refractivity contribution is -0.265. The third kappa shape index (κ3) is 38.5. The molecule has 30 nitrogen and oxygen atoms in total. The van der Waals surface area contributed by atoms with Crippen LogP contribution in [-0.4, -0.2) is 283 Å². The molecule has 5 aliphatic rings. The van der Waals surface area contributed by atoms with Gasteiger partial charge in [0.15, 0.2) is 15.6 Å². The van der Waals surface area contributed by atoms with Crippen LogP contribution in [0.4, 0.5) is 5.82 Å². The van der Waals surface area contributed by atoms with Gasteiger partial charge in [-0.25, -0.2) is 18.2 Å². The van der Waals surface area contributed by atoms with Crippen molar-refractivity contribution >= 4 is 56.8 Å². The minimum absolute atomic E-state index is 0.0237. The number of benzene rings is 2. The molecule has 4 aliphatic heterocycles. The van der Waals surface area contributed by atoms with Crippen LogP contribution in [0.15, 0.2) is 107 Å². The lowest BCUT2D eigenvalue weighted by Crippen LogP contribution is -2.61. The van der Waals surface area contributed by atoms with Gasteiger partial charge in [-0.15, -0.1) is 0 Å². The molecule has 5 heterocycles. The highest BCUT2D eigenvalue weighted by Gasteiger charge is 2.53. The van der Waals surface area contributed by atoms with E-state index in [1.54, 1.807) is 65.3 Å². The maximum absolute atomic E-state index is 14.5. The predicted molar refractivity (Wildman–Crippen MR) is 504 cm³/mol. The molecule has 1 aromatic heterocycles. The van der Waals surface area contributed by atoms with E-state index in [9.17, 15) is 52.2 Å². The number of amides is 2. The number of ketones is 3. The van der Waals surface area contributed by atoms with Crippen molar-refractivity contribution in [2.75, 3.05) is 159 Å². The maximum Gasteiger partial charge on any atom is 0.329 e. The highest BCUT2D eigenvalue weighted by atomic mass is 32.2. The van der Waals surface area contributed by atoms with Crippen LogP contribution in [0.1, 0.15) is 212 Å². The Morgan fingerprint density at radius 2 is 1.31 bits per heavy atom. The summed E-state index contributed by atoms with van der Waals surface area (Å²) in [5.41, 5.74) is 10.9. The number of cyclic esters (lactones) is 1. The van der Waals surface area contributed by atoms with Gasteiger partial charge in [-0.05, 0) is 212 Å². The van der Waals surface area contributed by atoms with E-state index in [1.807, 2.05) is 88.4 Å². The number of aliphatic hydroxyl groups is 2. The molecule has 2 amide bonds. The summed E-state index contributed by atoms with van der Waals surface area (Å²) in [6, 6.07) is 13.0. The molecule has 0 unspecified atom stereocenters. The van der Waals surface area contributed by atoms with Crippen LogP contribution in [0.3, 0.4) is 0 Å². The molecule has 132 heavy (non-hydrogen) atoms. The Morgan fingerprint density at radius 3 is 1.92 bits per heavy atom. The summed E-state index contributed by atoms with van der Waals surface area (Å²) < 4.78 is 110.